The lowest BCUT2D eigenvalue weighted by Crippen LogP contribution is -2.17. The van der Waals surface area contributed by atoms with Crippen molar-refractivity contribution < 1.29 is 18.3 Å². The monoisotopic (exact) mass is 360 g/mol. The van der Waals surface area contributed by atoms with Gasteiger partial charge in [-0.1, -0.05) is 17.7 Å². The normalized spacial score (nSPS) is 15.9. The van der Waals surface area contributed by atoms with Gasteiger partial charge in [0.1, 0.15) is 23.2 Å². The molecule has 1 unspecified atom stereocenters. The van der Waals surface area contributed by atoms with Crippen LogP contribution in [0.4, 0.5) is 4.39 Å². The SMILES string of the molecule is O=C1OC(Cc2ccc(F)cc2Cl)c2[nH]c(=O)nc(-c3ccco3)c21. The molecule has 8 heteroatoms. The highest BCUT2D eigenvalue weighted by molar-refractivity contribution is 6.31. The molecule has 2 aromatic heterocycles. The van der Waals surface area contributed by atoms with Gasteiger partial charge in [-0.25, -0.2) is 14.0 Å². The number of aromatic amines is 1. The Morgan fingerprint density at radius 2 is 2.12 bits per heavy atom. The topological polar surface area (TPSA) is 85.2 Å². The predicted octanol–water partition coefficient (Wildman–Crippen LogP) is 3.28. The number of H-pyrrole nitrogens is 1. The summed E-state index contributed by atoms with van der Waals surface area (Å²) in [5, 5.41) is 0.215. The molecule has 1 aliphatic rings. The van der Waals surface area contributed by atoms with Gasteiger partial charge in [0.25, 0.3) is 0 Å². The summed E-state index contributed by atoms with van der Waals surface area (Å²) in [6.45, 7) is 0. The minimum absolute atomic E-state index is 0.126. The van der Waals surface area contributed by atoms with Crippen LogP contribution in [0.1, 0.15) is 27.7 Å². The summed E-state index contributed by atoms with van der Waals surface area (Å²) in [5.41, 5.74) is 0.542. The molecule has 0 bridgehead atoms. The second-order valence-corrected chi connectivity index (χ2v) is 5.90. The summed E-state index contributed by atoms with van der Waals surface area (Å²) in [5.74, 6) is -0.788. The zero-order valence-corrected chi connectivity index (χ0v) is 13.3. The molecule has 3 heterocycles. The zero-order chi connectivity index (χ0) is 17.6. The summed E-state index contributed by atoms with van der Waals surface area (Å²) < 4.78 is 23.8. The number of carbonyl (C=O) groups is 1. The van der Waals surface area contributed by atoms with Gasteiger partial charge >= 0.3 is 11.7 Å². The number of cyclic esters (lactones) is 1. The molecule has 1 aliphatic heterocycles. The number of furan rings is 1. The molecule has 6 nitrogen and oxygen atoms in total. The quantitative estimate of drug-likeness (QED) is 0.724. The number of nitrogens with one attached hydrogen (secondary N) is 1. The Balaban J connectivity index is 1.79. The number of benzene rings is 1. The van der Waals surface area contributed by atoms with E-state index in [1.807, 2.05) is 0 Å². The highest BCUT2D eigenvalue weighted by atomic mass is 35.5. The first-order valence-electron chi connectivity index (χ1n) is 7.36. The molecule has 0 amide bonds. The maximum absolute atomic E-state index is 13.2. The lowest BCUT2D eigenvalue weighted by atomic mass is 10.0. The third-order valence-electron chi connectivity index (χ3n) is 3.91. The summed E-state index contributed by atoms with van der Waals surface area (Å²) in [6.07, 6.45) is 0.852. The zero-order valence-electron chi connectivity index (χ0n) is 12.6. The van der Waals surface area contributed by atoms with Crippen LogP contribution >= 0.6 is 11.6 Å². The largest absolute Gasteiger partial charge is 0.463 e. The summed E-state index contributed by atoms with van der Waals surface area (Å²) in [7, 11) is 0. The molecule has 0 aliphatic carbocycles. The fraction of sp³-hybridized carbons (Fsp3) is 0.118. The number of aromatic nitrogens is 2. The molecule has 0 fully saturated rings. The molecule has 3 aromatic rings. The first-order valence-corrected chi connectivity index (χ1v) is 7.73. The van der Waals surface area contributed by atoms with E-state index >= 15 is 0 Å². The molecule has 1 atom stereocenters. The Kier molecular flexibility index (Phi) is 3.65. The van der Waals surface area contributed by atoms with Crippen molar-refractivity contribution in [1.29, 1.82) is 0 Å². The van der Waals surface area contributed by atoms with Gasteiger partial charge in [0.05, 0.1) is 12.0 Å². The third-order valence-corrected chi connectivity index (χ3v) is 4.26. The number of hydrogen-bond acceptors (Lipinski definition) is 5. The van der Waals surface area contributed by atoms with Crippen LogP contribution in [-0.2, 0) is 11.2 Å². The van der Waals surface area contributed by atoms with Crippen molar-refractivity contribution in [2.24, 2.45) is 0 Å². The molecule has 4 rings (SSSR count). The number of fused-ring (bicyclic) bond motifs is 1. The van der Waals surface area contributed by atoms with E-state index in [1.165, 1.54) is 24.5 Å². The van der Waals surface area contributed by atoms with Crippen LogP contribution < -0.4 is 5.69 Å². The first-order chi connectivity index (χ1) is 12.0. The van der Waals surface area contributed by atoms with Crippen LogP contribution in [0.2, 0.25) is 5.02 Å². The maximum atomic E-state index is 13.2. The molecule has 126 valence electrons. The molecule has 0 radical (unpaired) electrons. The van der Waals surface area contributed by atoms with Crippen molar-refractivity contribution in [3.8, 4) is 11.5 Å². The van der Waals surface area contributed by atoms with Crippen LogP contribution in [-0.4, -0.2) is 15.9 Å². The number of ether oxygens (including phenoxy) is 1. The van der Waals surface area contributed by atoms with Gasteiger partial charge < -0.3 is 14.1 Å². The summed E-state index contributed by atoms with van der Waals surface area (Å²) in [4.78, 5) is 30.6. The summed E-state index contributed by atoms with van der Waals surface area (Å²) in [6, 6.07) is 7.18. The van der Waals surface area contributed by atoms with E-state index in [2.05, 4.69) is 9.97 Å². The average Bonchev–Trinajstić information content (AvgIpc) is 3.19. The molecule has 1 aromatic carbocycles. The Bertz CT molecular complexity index is 1030. The number of esters is 1. The van der Waals surface area contributed by atoms with Gasteiger partial charge in [-0.05, 0) is 29.8 Å². The van der Waals surface area contributed by atoms with Crippen LogP contribution in [0.5, 0.6) is 0 Å². The molecule has 25 heavy (non-hydrogen) atoms. The minimum Gasteiger partial charge on any atom is -0.463 e. The molecular weight excluding hydrogens is 351 g/mol. The molecule has 1 N–H and O–H groups in total. The Labute approximate surface area is 145 Å². The Morgan fingerprint density at radius 3 is 2.84 bits per heavy atom. The number of rotatable bonds is 3. The van der Waals surface area contributed by atoms with Crippen molar-refractivity contribution in [2.75, 3.05) is 0 Å². The average molecular weight is 361 g/mol. The molecular formula is C17H10ClFN2O4. The summed E-state index contributed by atoms with van der Waals surface area (Å²) >= 11 is 6.04. The maximum Gasteiger partial charge on any atom is 0.345 e. The predicted molar refractivity (Wildman–Crippen MR) is 85.8 cm³/mol. The molecule has 0 spiro atoms. The fourth-order valence-electron chi connectivity index (χ4n) is 2.81. The number of nitrogens with zero attached hydrogens (tertiary/aromatic N) is 1. The second kappa shape index (κ2) is 5.86. The van der Waals surface area contributed by atoms with Crippen LogP contribution in [0.3, 0.4) is 0 Å². The van der Waals surface area contributed by atoms with E-state index < -0.39 is 23.6 Å². The van der Waals surface area contributed by atoms with E-state index in [9.17, 15) is 14.0 Å². The van der Waals surface area contributed by atoms with Crippen molar-refractivity contribution in [2.45, 2.75) is 12.5 Å². The van der Waals surface area contributed by atoms with Gasteiger partial charge in [-0.2, -0.15) is 4.98 Å². The third kappa shape index (κ3) is 2.72. The highest BCUT2D eigenvalue weighted by Gasteiger charge is 2.37. The molecule has 0 saturated heterocycles. The van der Waals surface area contributed by atoms with Gasteiger partial charge in [0, 0.05) is 11.4 Å². The molecule has 0 saturated carbocycles. The van der Waals surface area contributed by atoms with Crippen molar-refractivity contribution in [3.05, 3.63) is 74.7 Å². The second-order valence-electron chi connectivity index (χ2n) is 5.49. The van der Waals surface area contributed by atoms with E-state index in [1.54, 1.807) is 12.1 Å². The van der Waals surface area contributed by atoms with Crippen LogP contribution in [0.15, 0.2) is 45.8 Å². The smallest absolute Gasteiger partial charge is 0.345 e. The first kappa shape index (κ1) is 15.6. The van der Waals surface area contributed by atoms with Gasteiger partial charge in [-0.15, -0.1) is 0 Å². The highest BCUT2D eigenvalue weighted by Crippen LogP contribution is 2.36. The van der Waals surface area contributed by atoms with Gasteiger partial charge in [-0.3, -0.25) is 0 Å². The number of hydrogen-bond donors (Lipinski definition) is 1. The lowest BCUT2D eigenvalue weighted by molar-refractivity contribution is 0.0382. The van der Waals surface area contributed by atoms with E-state index in [0.717, 1.165) is 0 Å². The number of carbonyl (C=O) groups excluding carboxylic acids is 1. The Hall–Kier alpha value is -2.93. The van der Waals surface area contributed by atoms with E-state index in [4.69, 9.17) is 20.8 Å². The van der Waals surface area contributed by atoms with Crippen molar-refractivity contribution in [3.63, 3.8) is 0 Å². The standard InChI is InChI=1S/C17H10ClFN2O4/c18-10-7-9(19)4-3-8(10)6-12-15-13(16(22)25-12)14(20-17(23)21-15)11-2-1-5-24-11/h1-5,7,12H,6H2,(H,20,21,23). The van der Waals surface area contributed by atoms with Gasteiger partial charge in [0.2, 0.25) is 0 Å². The van der Waals surface area contributed by atoms with Crippen molar-refractivity contribution >= 4 is 17.6 Å². The van der Waals surface area contributed by atoms with Crippen molar-refractivity contribution in [1.82, 2.24) is 9.97 Å². The minimum atomic E-state index is -0.755. The Morgan fingerprint density at radius 1 is 1.28 bits per heavy atom. The number of halogens is 2. The van der Waals surface area contributed by atoms with Gasteiger partial charge in [0.15, 0.2) is 5.76 Å². The van der Waals surface area contributed by atoms with E-state index in [-0.39, 0.29) is 22.7 Å². The van der Waals surface area contributed by atoms with Crippen LogP contribution in [0.25, 0.3) is 11.5 Å². The lowest BCUT2D eigenvalue weighted by Gasteiger charge is -2.11. The van der Waals surface area contributed by atoms with E-state index in [0.29, 0.717) is 17.0 Å². The van der Waals surface area contributed by atoms with Crippen LogP contribution in [0, 0.1) is 5.82 Å². The fourth-order valence-corrected chi connectivity index (χ4v) is 3.05.